The maximum absolute atomic E-state index is 13.1. The number of aromatic amines is 1. The molecule has 0 spiro atoms. The van der Waals surface area contributed by atoms with E-state index in [4.69, 9.17) is 9.72 Å². The Balaban J connectivity index is 1.51. The Morgan fingerprint density at radius 3 is 2.78 bits per heavy atom. The lowest BCUT2D eigenvalue weighted by Crippen LogP contribution is -2.53. The molecule has 1 saturated heterocycles. The minimum Gasteiger partial charge on any atom is -0.453 e. The van der Waals surface area contributed by atoms with Crippen molar-refractivity contribution in [1.82, 2.24) is 19.8 Å². The number of nitrogens with one attached hydrogen (secondary N) is 1. The van der Waals surface area contributed by atoms with Gasteiger partial charge in [-0.25, -0.2) is 9.78 Å². The van der Waals surface area contributed by atoms with E-state index in [0.717, 1.165) is 42.0 Å². The molecule has 7 heteroatoms. The van der Waals surface area contributed by atoms with Gasteiger partial charge in [0.1, 0.15) is 11.9 Å². The fraction of sp³-hybridized carbons (Fsp3) is 0.450. The third-order valence-electron chi connectivity index (χ3n) is 5.39. The van der Waals surface area contributed by atoms with Crippen LogP contribution in [0.25, 0.3) is 11.4 Å². The second-order valence-corrected chi connectivity index (χ2v) is 7.06. The topological polar surface area (TPSA) is 78.5 Å². The molecule has 0 saturated carbocycles. The number of hydrogen-bond acceptors (Lipinski definition) is 4. The van der Waals surface area contributed by atoms with E-state index >= 15 is 0 Å². The van der Waals surface area contributed by atoms with Gasteiger partial charge in [0, 0.05) is 25.1 Å². The Morgan fingerprint density at radius 1 is 1.19 bits per heavy atom. The highest BCUT2D eigenvalue weighted by Gasteiger charge is 2.36. The van der Waals surface area contributed by atoms with E-state index in [1.54, 1.807) is 4.90 Å². The van der Waals surface area contributed by atoms with Crippen LogP contribution >= 0.6 is 0 Å². The van der Waals surface area contributed by atoms with E-state index < -0.39 is 12.1 Å². The van der Waals surface area contributed by atoms with Crippen molar-refractivity contribution in [2.75, 3.05) is 20.2 Å². The number of H-pyrrole nitrogens is 1. The van der Waals surface area contributed by atoms with Crippen molar-refractivity contribution < 1.29 is 14.3 Å². The zero-order chi connectivity index (χ0) is 18.8. The maximum atomic E-state index is 13.1. The number of aromatic nitrogens is 2. The molecule has 27 heavy (non-hydrogen) atoms. The number of rotatable bonds is 2. The number of hydrogen-bond donors (Lipinski definition) is 1. The van der Waals surface area contributed by atoms with Crippen LogP contribution in [0, 0.1) is 0 Å². The first-order valence-corrected chi connectivity index (χ1v) is 9.44. The maximum Gasteiger partial charge on any atom is 0.410 e. The molecule has 0 radical (unpaired) electrons. The van der Waals surface area contributed by atoms with Crippen LogP contribution in [0.15, 0.2) is 30.3 Å². The van der Waals surface area contributed by atoms with Crippen LogP contribution in [-0.2, 0) is 22.5 Å². The van der Waals surface area contributed by atoms with Crippen molar-refractivity contribution >= 4 is 12.0 Å². The van der Waals surface area contributed by atoms with Gasteiger partial charge < -0.3 is 14.6 Å². The SMILES string of the molecule is COC(=O)N1CCCCC1C(=O)N1CCc2nc(-c3ccccc3)[nH]c2C1. The average molecular weight is 368 g/mol. The first kappa shape index (κ1) is 17.6. The molecule has 2 amide bonds. The minimum atomic E-state index is -0.427. The smallest absolute Gasteiger partial charge is 0.410 e. The molecule has 1 aromatic carbocycles. The summed E-state index contributed by atoms with van der Waals surface area (Å²) in [5.41, 5.74) is 3.04. The third kappa shape index (κ3) is 3.41. The van der Waals surface area contributed by atoms with E-state index in [1.807, 2.05) is 35.2 Å². The van der Waals surface area contributed by atoms with Crippen LogP contribution in [0.3, 0.4) is 0 Å². The Labute approximate surface area is 158 Å². The van der Waals surface area contributed by atoms with Gasteiger partial charge in [-0.3, -0.25) is 9.69 Å². The third-order valence-corrected chi connectivity index (χ3v) is 5.39. The molecule has 2 aliphatic rings. The molecule has 1 atom stereocenters. The molecule has 0 bridgehead atoms. The standard InChI is InChI=1S/C20H24N4O3/c1-27-20(26)24-11-6-5-9-17(24)19(25)23-12-10-15-16(13-23)22-18(21-15)14-7-3-2-4-8-14/h2-4,7-8,17H,5-6,9-13H2,1H3,(H,21,22). The van der Waals surface area contributed by atoms with Crippen molar-refractivity contribution in [3.63, 3.8) is 0 Å². The largest absolute Gasteiger partial charge is 0.453 e. The van der Waals surface area contributed by atoms with Gasteiger partial charge in [-0.1, -0.05) is 30.3 Å². The molecule has 1 N–H and O–H groups in total. The number of methoxy groups -OCH3 is 1. The number of carbonyl (C=O) groups is 2. The number of fused-ring (bicyclic) bond motifs is 1. The van der Waals surface area contributed by atoms with E-state index in [1.165, 1.54) is 7.11 Å². The fourth-order valence-electron chi connectivity index (χ4n) is 3.95. The predicted octanol–water partition coefficient (Wildman–Crippen LogP) is 2.58. The van der Waals surface area contributed by atoms with Crippen LogP contribution < -0.4 is 0 Å². The Hall–Kier alpha value is -2.83. The van der Waals surface area contributed by atoms with Crippen molar-refractivity contribution in [3.05, 3.63) is 41.7 Å². The number of piperidine rings is 1. The first-order chi connectivity index (χ1) is 13.2. The van der Waals surface area contributed by atoms with Crippen molar-refractivity contribution in [2.24, 2.45) is 0 Å². The molecule has 1 fully saturated rings. The summed E-state index contributed by atoms with van der Waals surface area (Å²) in [6, 6.07) is 9.55. The van der Waals surface area contributed by atoms with Gasteiger partial charge in [0.2, 0.25) is 5.91 Å². The highest BCUT2D eigenvalue weighted by molar-refractivity contribution is 5.86. The van der Waals surface area contributed by atoms with E-state index in [0.29, 0.717) is 26.1 Å². The van der Waals surface area contributed by atoms with E-state index in [-0.39, 0.29) is 5.91 Å². The summed E-state index contributed by atoms with van der Waals surface area (Å²) in [6.45, 7) is 1.69. The molecule has 3 heterocycles. The van der Waals surface area contributed by atoms with Crippen molar-refractivity contribution in [3.8, 4) is 11.4 Å². The fourth-order valence-corrected chi connectivity index (χ4v) is 3.95. The van der Waals surface area contributed by atoms with Crippen LogP contribution in [0.1, 0.15) is 30.7 Å². The second-order valence-electron chi connectivity index (χ2n) is 7.06. The van der Waals surface area contributed by atoms with E-state index in [9.17, 15) is 9.59 Å². The summed E-state index contributed by atoms with van der Waals surface area (Å²) in [7, 11) is 1.36. The van der Waals surface area contributed by atoms with Gasteiger partial charge in [0.25, 0.3) is 0 Å². The predicted molar refractivity (Wildman–Crippen MR) is 99.9 cm³/mol. The molecule has 7 nitrogen and oxygen atoms in total. The van der Waals surface area contributed by atoms with Crippen LogP contribution in [0.4, 0.5) is 4.79 Å². The van der Waals surface area contributed by atoms with Crippen LogP contribution in [-0.4, -0.2) is 58.0 Å². The number of likely N-dealkylation sites (tertiary alicyclic amines) is 1. The summed E-state index contributed by atoms with van der Waals surface area (Å²) in [5.74, 6) is 0.838. The molecule has 2 aliphatic heterocycles. The summed E-state index contributed by atoms with van der Waals surface area (Å²) in [4.78, 5) is 36.6. The molecule has 0 aliphatic carbocycles. The van der Waals surface area contributed by atoms with Crippen LogP contribution in [0.5, 0.6) is 0 Å². The minimum absolute atomic E-state index is 0.00149. The highest BCUT2D eigenvalue weighted by atomic mass is 16.5. The van der Waals surface area contributed by atoms with Gasteiger partial charge in [-0.2, -0.15) is 0 Å². The van der Waals surface area contributed by atoms with Gasteiger partial charge in [0.15, 0.2) is 0 Å². The van der Waals surface area contributed by atoms with Crippen molar-refractivity contribution in [1.29, 1.82) is 0 Å². The molecule has 2 aromatic rings. The molecular weight excluding hydrogens is 344 g/mol. The number of amides is 2. The van der Waals surface area contributed by atoms with Crippen LogP contribution in [0.2, 0.25) is 0 Å². The molecule has 142 valence electrons. The molecular formula is C20H24N4O3. The van der Waals surface area contributed by atoms with Gasteiger partial charge in [-0.15, -0.1) is 0 Å². The highest BCUT2D eigenvalue weighted by Crippen LogP contribution is 2.25. The average Bonchev–Trinajstić information content (AvgIpc) is 3.16. The normalized spacial score (nSPS) is 19.5. The quantitative estimate of drug-likeness (QED) is 0.884. The lowest BCUT2D eigenvalue weighted by molar-refractivity contribution is -0.138. The first-order valence-electron chi connectivity index (χ1n) is 9.44. The number of nitrogens with zero attached hydrogens (tertiary/aromatic N) is 3. The molecule has 1 unspecified atom stereocenters. The zero-order valence-electron chi connectivity index (χ0n) is 15.5. The van der Waals surface area contributed by atoms with Gasteiger partial charge >= 0.3 is 6.09 Å². The van der Waals surface area contributed by atoms with Crippen molar-refractivity contribution in [2.45, 2.75) is 38.3 Å². The lowest BCUT2D eigenvalue weighted by Gasteiger charge is -2.37. The Bertz CT molecular complexity index is 833. The number of carbonyl (C=O) groups excluding carboxylic acids is 2. The number of ether oxygens (including phenoxy) is 1. The summed E-state index contributed by atoms with van der Waals surface area (Å²) < 4.78 is 4.87. The monoisotopic (exact) mass is 368 g/mol. The summed E-state index contributed by atoms with van der Waals surface area (Å²) in [6.07, 6.45) is 2.85. The zero-order valence-corrected chi connectivity index (χ0v) is 15.5. The molecule has 4 rings (SSSR count). The van der Waals surface area contributed by atoms with E-state index in [2.05, 4.69) is 4.98 Å². The summed E-state index contributed by atoms with van der Waals surface area (Å²) in [5, 5.41) is 0. The van der Waals surface area contributed by atoms with Gasteiger partial charge in [-0.05, 0) is 19.3 Å². The Morgan fingerprint density at radius 2 is 2.00 bits per heavy atom. The number of benzene rings is 1. The Kier molecular flexibility index (Phi) is 4.83. The number of imidazole rings is 1. The van der Waals surface area contributed by atoms with Gasteiger partial charge in [0.05, 0.1) is 25.0 Å². The summed E-state index contributed by atoms with van der Waals surface area (Å²) >= 11 is 0. The lowest BCUT2D eigenvalue weighted by atomic mass is 10.0. The second kappa shape index (κ2) is 7.42. The molecule has 1 aromatic heterocycles.